The molecule has 0 aliphatic heterocycles. The molecule has 0 heterocycles. The van der Waals surface area contributed by atoms with Gasteiger partial charge in [0.15, 0.2) is 0 Å². The van der Waals surface area contributed by atoms with Gasteiger partial charge in [0, 0.05) is 15.6 Å². The molecule has 0 aromatic heterocycles. The van der Waals surface area contributed by atoms with Crippen LogP contribution in [0.1, 0.15) is 13.8 Å². The molecule has 2 heteroatoms. The first-order chi connectivity index (χ1) is 11.7. The predicted molar refractivity (Wildman–Crippen MR) is 108 cm³/mol. The van der Waals surface area contributed by atoms with Crippen molar-refractivity contribution in [3.05, 3.63) is 77.3 Å². The Kier molecular flexibility index (Phi) is 4.86. The number of hydrogen-bond acceptors (Lipinski definition) is 1. The van der Waals surface area contributed by atoms with Crippen LogP contribution in [0.2, 0.25) is 0 Å². The van der Waals surface area contributed by atoms with Gasteiger partial charge in [-0.25, -0.2) is 0 Å². The van der Waals surface area contributed by atoms with Crippen molar-refractivity contribution >= 4 is 37.5 Å². The van der Waals surface area contributed by atoms with Crippen molar-refractivity contribution in [1.29, 1.82) is 0 Å². The summed E-state index contributed by atoms with van der Waals surface area (Å²) in [6.45, 7) is 4.00. The Morgan fingerprint density at radius 2 is 1.25 bits per heavy atom. The molecule has 0 unspecified atom stereocenters. The Labute approximate surface area is 150 Å². The van der Waals surface area contributed by atoms with Gasteiger partial charge in [-0.3, -0.25) is 0 Å². The SMILES string of the molecule is CC.Oc1cc2ccccc2cc1-c1ccc2ccccc2c1Br. The second kappa shape index (κ2) is 7.06. The van der Waals surface area contributed by atoms with Crippen molar-refractivity contribution in [3.8, 4) is 16.9 Å². The number of benzene rings is 4. The number of aromatic hydroxyl groups is 1. The van der Waals surface area contributed by atoms with Crippen LogP contribution in [0.5, 0.6) is 5.75 Å². The average molecular weight is 379 g/mol. The summed E-state index contributed by atoms with van der Waals surface area (Å²) in [5, 5.41) is 14.9. The third-order valence-electron chi connectivity index (χ3n) is 4.02. The third-order valence-corrected chi connectivity index (χ3v) is 4.87. The zero-order valence-corrected chi connectivity index (χ0v) is 15.3. The van der Waals surface area contributed by atoms with Gasteiger partial charge in [-0.2, -0.15) is 0 Å². The Morgan fingerprint density at radius 1 is 0.667 bits per heavy atom. The minimum atomic E-state index is 0.301. The van der Waals surface area contributed by atoms with Gasteiger partial charge in [-0.05, 0) is 49.6 Å². The molecule has 0 spiro atoms. The second-order valence-electron chi connectivity index (χ2n) is 5.36. The van der Waals surface area contributed by atoms with Crippen molar-refractivity contribution in [1.82, 2.24) is 0 Å². The molecule has 4 rings (SSSR count). The molecule has 1 nitrogen and oxygen atoms in total. The van der Waals surface area contributed by atoms with Crippen LogP contribution in [0.25, 0.3) is 32.7 Å². The van der Waals surface area contributed by atoms with Crippen LogP contribution < -0.4 is 0 Å². The maximum atomic E-state index is 10.4. The molecule has 0 saturated carbocycles. The molecule has 0 aliphatic rings. The summed E-state index contributed by atoms with van der Waals surface area (Å²) < 4.78 is 1.01. The van der Waals surface area contributed by atoms with Crippen molar-refractivity contribution < 1.29 is 5.11 Å². The quantitative estimate of drug-likeness (QED) is 0.372. The first-order valence-electron chi connectivity index (χ1n) is 8.13. The Balaban J connectivity index is 0.000000815. The normalized spacial score (nSPS) is 10.5. The van der Waals surface area contributed by atoms with E-state index in [0.29, 0.717) is 5.75 Å². The maximum absolute atomic E-state index is 10.4. The van der Waals surface area contributed by atoms with E-state index in [0.717, 1.165) is 31.8 Å². The van der Waals surface area contributed by atoms with Crippen molar-refractivity contribution in [2.45, 2.75) is 13.8 Å². The van der Waals surface area contributed by atoms with E-state index in [1.807, 2.05) is 56.3 Å². The van der Waals surface area contributed by atoms with Crippen LogP contribution in [0.3, 0.4) is 0 Å². The van der Waals surface area contributed by atoms with E-state index in [1.54, 1.807) is 0 Å². The largest absolute Gasteiger partial charge is 0.507 e. The predicted octanol–water partition coefficient (Wildman–Crippen LogP) is 7.15. The molecular formula is C22H19BrO. The standard InChI is InChI=1S/C20H13BrO.C2H6/c21-20-16-8-4-3-5-13(16)9-10-17(20)18-11-14-6-1-2-7-15(14)12-19(18)22;1-2/h1-12,22H;1-2H3. The molecule has 0 amide bonds. The highest BCUT2D eigenvalue weighted by atomic mass is 79.9. The molecule has 0 atom stereocenters. The summed E-state index contributed by atoms with van der Waals surface area (Å²) in [5.74, 6) is 0.301. The fraction of sp³-hybridized carbons (Fsp3) is 0.0909. The highest BCUT2D eigenvalue weighted by Gasteiger charge is 2.11. The number of halogens is 1. The van der Waals surface area contributed by atoms with Crippen molar-refractivity contribution in [2.75, 3.05) is 0 Å². The topological polar surface area (TPSA) is 20.2 Å². The molecule has 0 saturated heterocycles. The van der Waals surface area contributed by atoms with Gasteiger partial charge in [0.25, 0.3) is 0 Å². The van der Waals surface area contributed by atoms with Gasteiger partial charge in [0.2, 0.25) is 0 Å². The summed E-state index contributed by atoms with van der Waals surface area (Å²) in [6, 6.07) is 24.3. The van der Waals surface area contributed by atoms with E-state index in [1.165, 1.54) is 5.39 Å². The van der Waals surface area contributed by atoms with E-state index in [-0.39, 0.29) is 0 Å². The van der Waals surface area contributed by atoms with E-state index >= 15 is 0 Å². The summed E-state index contributed by atoms with van der Waals surface area (Å²) in [6.07, 6.45) is 0. The van der Waals surface area contributed by atoms with Crippen LogP contribution >= 0.6 is 15.9 Å². The lowest BCUT2D eigenvalue weighted by Gasteiger charge is -2.11. The fourth-order valence-electron chi connectivity index (χ4n) is 2.89. The van der Waals surface area contributed by atoms with Crippen LogP contribution in [-0.4, -0.2) is 5.11 Å². The fourth-order valence-corrected chi connectivity index (χ4v) is 3.59. The van der Waals surface area contributed by atoms with Crippen LogP contribution in [0, 0.1) is 0 Å². The van der Waals surface area contributed by atoms with Gasteiger partial charge < -0.3 is 5.11 Å². The monoisotopic (exact) mass is 378 g/mol. The van der Waals surface area contributed by atoms with Gasteiger partial charge in [-0.15, -0.1) is 0 Å². The van der Waals surface area contributed by atoms with Gasteiger partial charge >= 0.3 is 0 Å². The lowest BCUT2D eigenvalue weighted by Crippen LogP contribution is -1.84. The Bertz CT molecular complexity index is 999. The lowest BCUT2D eigenvalue weighted by molar-refractivity contribution is 0.478. The van der Waals surface area contributed by atoms with E-state index in [4.69, 9.17) is 0 Å². The van der Waals surface area contributed by atoms with E-state index in [2.05, 4.69) is 46.3 Å². The molecule has 0 bridgehead atoms. The van der Waals surface area contributed by atoms with Crippen molar-refractivity contribution in [3.63, 3.8) is 0 Å². The summed E-state index contributed by atoms with van der Waals surface area (Å²) in [4.78, 5) is 0. The van der Waals surface area contributed by atoms with Crippen molar-refractivity contribution in [2.24, 2.45) is 0 Å². The molecule has 0 fully saturated rings. The molecule has 1 N–H and O–H groups in total. The third kappa shape index (κ3) is 2.90. The Morgan fingerprint density at radius 3 is 1.96 bits per heavy atom. The highest BCUT2D eigenvalue weighted by molar-refractivity contribution is 9.10. The van der Waals surface area contributed by atoms with Crippen LogP contribution in [-0.2, 0) is 0 Å². The minimum Gasteiger partial charge on any atom is -0.507 e. The summed E-state index contributed by atoms with van der Waals surface area (Å²) in [5.41, 5.74) is 1.85. The number of phenolic OH excluding ortho intramolecular Hbond substituents is 1. The first-order valence-corrected chi connectivity index (χ1v) is 8.93. The highest BCUT2D eigenvalue weighted by Crippen LogP contribution is 2.40. The molecule has 120 valence electrons. The maximum Gasteiger partial charge on any atom is 0.124 e. The molecule has 24 heavy (non-hydrogen) atoms. The molecule has 0 radical (unpaired) electrons. The first kappa shape index (κ1) is 16.5. The van der Waals surface area contributed by atoms with Crippen LogP contribution in [0.4, 0.5) is 0 Å². The number of fused-ring (bicyclic) bond motifs is 2. The zero-order chi connectivity index (χ0) is 17.1. The molecule has 0 aliphatic carbocycles. The summed E-state index contributed by atoms with van der Waals surface area (Å²) >= 11 is 3.71. The smallest absolute Gasteiger partial charge is 0.124 e. The lowest BCUT2D eigenvalue weighted by atomic mass is 9.97. The zero-order valence-electron chi connectivity index (χ0n) is 13.8. The summed E-state index contributed by atoms with van der Waals surface area (Å²) in [7, 11) is 0. The Hall–Kier alpha value is -2.32. The van der Waals surface area contributed by atoms with E-state index < -0.39 is 0 Å². The number of rotatable bonds is 1. The van der Waals surface area contributed by atoms with Gasteiger partial charge in [0.05, 0.1) is 0 Å². The van der Waals surface area contributed by atoms with Gasteiger partial charge in [-0.1, -0.05) is 74.5 Å². The van der Waals surface area contributed by atoms with E-state index in [9.17, 15) is 5.11 Å². The van der Waals surface area contributed by atoms with Gasteiger partial charge in [0.1, 0.15) is 5.75 Å². The minimum absolute atomic E-state index is 0.301. The molecular weight excluding hydrogens is 360 g/mol. The molecule has 4 aromatic carbocycles. The number of phenols is 1. The van der Waals surface area contributed by atoms with Crippen LogP contribution in [0.15, 0.2) is 77.3 Å². The number of hydrogen-bond donors (Lipinski definition) is 1. The average Bonchev–Trinajstić information content (AvgIpc) is 2.64. The molecule has 4 aromatic rings. The second-order valence-corrected chi connectivity index (χ2v) is 6.16.